The molecule has 7 nitrogen and oxygen atoms in total. The summed E-state index contributed by atoms with van der Waals surface area (Å²) in [4.78, 5) is 38.2. The number of carbonyl (C=O) groups is 1. The van der Waals surface area contributed by atoms with E-state index in [4.69, 9.17) is 4.74 Å². The van der Waals surface area contributed by atoms with E-state index in [2.05, 4.69) is 5.32 Å². The fourth-order valence-corrected chi connectivity index (χ4v) is 4.27. The molecule has 1 saturated heterocycles. The average Bonchev–Trinajstić information content (AvgIpc) is 3.40. The Labute approximate surface area is 169 Å². The molecule has 1 aliphatic heterocycles. The largest absolute Gasteiger partial charge is 0.376 e. The summed E-state index contributed by atoms with van der Waals surface area (Å²) in [6.07, 6.45) is 1.88. The molecule has 1 atom stereocenters. The quantitative estimate of drug-likeness (QED) is 0.662. The summed E-state index contributed by atoms with van der Waals surface area (Å²) < 4.78 is 21.4. The van der Waals surface area contributed by atoms with Gasteiger partial charge in [-0.15, -0.1) is 11.3 Å². The first-order valence-corrected chi connectivity index (χ1v) is 10.2. The van der Waals surface area contributed by atoms with E-state index in [1.54, 1.807) is 11.4 Å². The van der Waals surface area contributed by atoms with Crippen LogP contribution in [0.2, 0.25) is 0 Å². The highest BCUT2D eigenvalue weighted by Crippen LogP contribution is 2.16. The van der Waals surface area contributed by atoms with Crippen LogP contribution in [-0.4, -0.2) is 34.3 Å². The Hall–Kier alpha value is -2.78. The standard InChI is InChI=1S/C20H20FN3O4S/c21-14-5-3-13(4-6-14)11-24-19(26)18-16(7-9-29-18)23(20(24)27)12-17(25)22-10-15-2-1-8-28-15/h3-7,9,15H,1-2,8,10-12H2,(H,22,25)/t15-/m1/s1. The van der Waals surface area contributed by atoms with Gasteiger partial charge in [-0.1, -0.05) is 12.1 Å². The molecule has 1 aliphatic rings. The maximum atomic E-state index is 13.2. The lowest BCUT2D eigenvalue weighted by Crippen LogP contribution is -2.43. The average molecular weight is 417 g/mol. The van der Waals surface area contributed by atoms with Crippen molar-refractivity contribution in [3.8, 4) is 0 Å². The third-order valence-corrected chi connectivity index (χ3v) is 5.83. The van der Waals surface area contributed by atoms with Crippen LogP contribution >= 0.6 is 11.3 Å². The normalized spacial score (nSPS) is 16.4. The minimum atomic E-state index is -0.572. The summed E-state index contributed by atoms with van der Waals surface area (Å²) in [6, 6.07) is 7.28. The molecule has 0 radical (unpaired) electrons. The SMILES string of the molecule is O=C(Cn1c(=O)n(Cc2ccc(F)cc2)c(=O)c2sccc21)NC[C@H]1CCCO1. The van der Waals surface area contributed by atoms with Crippen molar-refractivity contribution < 1.29 is 13.9 Å². The van der Waals surface area contributed by atoms with Gasteiger partial charge in [-0.25, -0.2) is 9.18 Å². The van der Waals surface area contributed by atoms with E-state index in [9.17, 15) is 18.8 Å². The topological polar surface area (TPSA) is 82.3 Å². The molecule has 1 N–H and O–H groups in total. The summed E-state index contributed by atoms with van der Waals surface area (Å²) >= 11 is 1.22. The van der Waals surface area contributed by atoms with Gasteiger partial charge in [0.25, 0.3) is 5.56 Å². The maximum absolute atomic E-state index is 13.2. The summed E-state index contributed by atoms with van der Waals surface area (Å²) in [6.45, 7) is 0.908. The van der Waals surface area contributed by atoms with Gasteiger partial charge in [0.1, 0.15) is 17.1 Å². The number of hydrogen-bond acceptors (Lipinski definition) is 5. The number of thiophene rings is 1. The van der Waals surface area contributed by atoms with Crippen LogP contribution in [0, 0.1) is 5.82 Å². The zero-order chi connectivity index (χ0) is 20.4. The van der Waals surface area contributed by atoms with Gasteiger partial charge >= 0.3 is 5.69 Å². The number of amides is 1. The monoisotopic (exact) mass is 417 g/mol. The first-order valence-electron chi connectivity index (χ1n) is 9.36. The number of hydrogen-bond donors (Lipinski definition) is 1. The third-order valence-electron chi connectivity index (χ3n) is 4.94. The highest BCUT2D eigenvalue weighted by molar-refractivity contribution is 7.17. The van der Waals surface area contributed by atoms with Crippen LogP contribution in [-0.2, 0) is 22.6 Å². The van der Waals surface area contributed by atoms with Crippen LogP contribution in [0.5, 0.6) is 0 Å². The molecular formula is C20H20FN3O4S. The Kier molecular flexibility index (Phi) is 5.59. The fourth-order valence-electron chi connectivity index (χ4n) is 3.43. The predicted octanol–water partition coefficient (Wildman–Crippen LogP) is 1.71. The van der Waals surface area contributed by atoms with Gasteiger partial charge in [0.15, 0.2) is 0 Å². The predicted molar refractivity (Wildman–Crippen MR) is 108 cm³/mol. The second-order valence-electron chi connectivity index (χ2n) is 6.96. The van der Waals surface area contributed by atoms with Gasteiger partial charge in [0, 0.05) is 13.2 Å². The lowest BCUT2D eigenvalue weighted by molar-refractivity contribution is -0.122. The van der Waals surface area contributed by atoms with Crippen molar-refractivity contribution >= 4 is 27.5 Å². The van der Waals surface area contributed by atoms with E-state index in [1.165, 1.54) is 40.2 Å². The first-order chi connectivity index (χ1) is 14.0. The highest BCUT2D eigenvalue weighted by atomic mass is 32.1. The van der Waals surface area contributed by atoms with Gasteiger partial charge in [-0.05, 0) is 42.0 Å². The maximum Gasteiger partial charge on any atom is 0.332 e. The fraction of sp³-hybridized carbons (Fsp3) is 0.350. The molecule has 0 unspecified atom stereocenters. The summed E-state index contributed by atoms with van der Waals surface area (Å²) in [5.74, 6) is -0.711. The van der Waals surface area contributed by atoms with E-state index in [1.807, 2.05) is 0 Å². The van der Waals surface area contributed by atoms with Crippen LogP contribution < -0.4 is 16.6 Å². The van der Waals surface area contributed by atoms with Gasteiger partial charge in [-0.3, -0.25) is 18.7 Å². The summed E-state index contributed by atoms with van der Waals surface area (Å²) in [5.41, 5.74) is 0.0707. The molecule has 0 saturated carbocycles. The molecule has 2 aromatic heterocycles. The van der Waals surface area contributed by atoms with Crippen LogP contribution in [0.3, 0.4) is 0 Å². The zero-order valence-corrected chi connectivity index (χ0v) is 16.4. The van der Waals surface area contributed by atoms with Gasteiger partial charge in [0.05, 0.1) is 18.2 Å². The number of nitrogens with one attached hydrogen (secondary N) is 1. The molecule has 29 heavy (non-hydrogen) atoms. The molecule has 9 heteroatoms. The van der Waals surface area contributed by atoms with Gasteiger partial charge in [0.2, 0.25) is 5.91 Å². The van der Waals surface area contributed by atoms with E-state index >= 15 is 0 Å². The van der Waals surface area contributed by atoms with Crippen LogP contribution in [0.25, 0.3) is 10.2 Å². The number of carbonyl (C=O) groups excluding carboxylic acids is 1. The molecule has 1 fully saturated rings. The summed E-state index contributed by atoms with van der Waals surface area (Å²) in [5, 5.41) is 4.51. The second kappa shape index (κ2) is 8.30. The van der Waals surface area contributed by atoms with Crippen molar-refractivity contribution in [1.82, 2.24) is 14.5 Å². The van der Waals surface area contributed by atoms with Gasteiger partial charge < -0.3 is 10.1 Å². The molecule has 4 rings (SSSR count). The Balaban J connectivity index is 1.63. The minimum Gasteiger partial charge on any atom is -0.376 e. The molecule has 0 spiro atoms. The molecule has 3 aromatic rings. The van der Waals surface area contributed by atoms with Crippen molar-refractivity contribution in [2.45, 2.75) is 32.0 Å². The Morgan fingerprint density at radius 1 is 1.21 bits per heavy atom. The number of aromatic nitrogens is 2. The van der Waals surface area contributed by atoms with Crippen molar-refractivity contribution in [3.05, 3.63) is 67.9 Å². The number of ether oxygens (including phenoxy) is 1. The van der Waals surface area contributed by atoms with Crippen molar-refractivity contribution in [1.29, 1.82) is 0 Å². The second-order valence-corrected chi connectivity index (χ2v) is 7.88. The number of benzene rings is 1. The van der Waals surface area contributed by atoms with Crippen LogP contribution in [0.4, 0.5) is 4.39 Å². The molecule has 3 heterocycles. The minimum absolute atomic E-state index is 0.00329. The van der Waals surface area contributed by atoms with Crippen molar-refractivity contribution in [2.24, 2.45) is 0 Å². The zero-order valence-electron chi connectivity index (χ0n) is 15.6. The third kappa shape index (κ3) is 4.15. The number of fused-ring (bicyclic) bond motifs is 1. The van der Waals surface area contributed by atoms with E-state index in [-0.39, 0.29) is 25.1 Å². The Morgan fingerprint density at radius 2 is 2.00 bits per heavy atom. The molecule has 0 bridgehead atoms. The molecule has 152 valence electrons. The highest BCUT2D eigenvalue weighted by Gasteiger charge is 2.19. The lowest BCUT2D eigenvalue weighted by atomic mass is 10.2. The van der Waals surface area contributed by atoms with Crippen molar-refractivity contribution in [3.63, 3.8) is 0 Å². The van der Waals surface area contributed by atoms with E-state index in [0.717, 1.165) is 17.4 Å². The van der Waals surface area contributed by atoms with Crippen LogP contribution in [0.1, 0.15) is 18.4 Å². The van der Waals surface area contributed by atoms with Gasteiger partial charge in [-0.2, -0.15) is 0 Å². The number of rotatable bonds is 6. The molecule has 1 aromatic carbocycles. The lowest BCUT2D eigenvalue weighted by Gasteiger charge is -2.14. The van der Waals surface area contributed by atoms with E-state index < -0.39 is 17.1 Å². The van der Waals surface area contributed by atoms with E-state index in [0.29, 0.717) is 28.9 Å². The smallest absolute Gasteiger partial charge is 0.332 e. The Morgan fingerprint density at radius 3 is 2.72 bits per heavy atom. The van der Waals surface area contributed by atoms with Crippen molar-refractivity contribution in [2.75, 3.05) is 13.2 Å². The molecule has 0 aliphatic carbocycles. The first kappa shape index (κ1) is 19.5. The molecular weight excluding hydrogens is 397 g/mol. The summed E-state index contributed by atoms with van der Waals surface area (Å²) in [7, 11) is 0. The Bertz CT molecular complexity index is 1140. The number of halogens is 1. The number of nitrogens with zero attached hydrogens (tertiary/aromatic N) is 2. The molecule has 1 amide bonds. The van der Waals surface area contributed by atoms with Crippen LogP contribution in [0.15, 0.2) is 45.3 Å².